The average Bonchev–Trinajstić information content (AvgIpc) is 2.85. The Morgan fingerprint density at radius 2 is 1.76 bits per heavy atom. The molecule has 0 spiro atoms. The average molecular weight is 528 g/mol. The van der Waals surface area contributed by atoms with Gasteiger partial charge in [-0.05, 0) is 62.6 Å². The van der Waals surface area contributed by atoms with Gasteiger partial charge in [0, 0.05) is 12.2 Å². The van der Waals surface area contributed by atoms with Crippen LogP contribution in [0.2, 0.25) is 0 Å². The maximum atomic E-state index is 13.9. The molecule has 37 heavy (non-hydrogen) atoms. The number of Topliss-reactive ketones (excluding diaryl/α,β-unsaturated/α-hetero) is 1. The summed E-state index contributed by atoms with van der Waals surface area (Å²) in [7, 11) is -4.35. The lowest BCUT2D eigenvalue weighted by Crippen LogP contribution is -2.51. The summed E-state index contributed by atoms with van der Waals surface area (Å²) in [6.45, 7) is 3.45. The van der Waals surface area contributed by atoms with Crippen LogP contribution in [-0.4, -0.2) is 59.7 Å². The summed E-state index contributed by atoms with van der Waals surface area (Å²) in [6.07, 6.45) is -1.22. The minimum atomic E-state index is -4.35. The van der Waals surface area contributed by atoms with Gasteiger partial charge in [0.05, 0.1) is 23.6 Å². The van der Waals surface area contributed by atoms with Crippen LogP contribution in [0.25, 0.3) is 0 Å². The molecule has 3 rings (SSSR count). The molecule has 10 heteroatoms. The summed E-state index contributed by atoms with van der Waals surface area (Å²) < 4.78 is 41.6. The molecule has 0 fully saturated rings. The highest BCUT2D eigenvalue weighted by Crippen LogP contribution is 2.22. The van der Waals surface area contributed by atoms with E-state index < -0.39 is 52.8 Å². The fourth-order valence-corrected chi connectivity index (χ4v) is 5.60. The SMILES string of the molecule is CC(=O)CN(CC(O)C(Cc1ccccc1)NC(=O)c1cccc(C)n1)S(=O)(=O)c1cc(F)ccc1C. The zero-order valence-electron chi connectivity index (χ0n) is 20.9. The highest BCUT2D eigenvalue weighted by Gasteiger charge is 2.33. The minimum absolute atomic E-state index is 0.147. The Balaban J connectivity index is 1.93. The second-order valence-electron chi connectivity index (χ2n) is 8.91. The molecule has 8 nitrogen and oxygen atoms in total. The third kappa shape index (κ3) is 7.51. The lowest BCUT2D eigenvalue weighted by Gasteiger charge is -2.29. The molecule has 0 aliphatic heterocycles. The van der Waals surface area contributed by atoms with E-state index in [9.17, 15) is 27.5 Å². The van der Waals surface area contributed by atoms with Gasteiger partial charge in [0.1, 0.15) is 17.3 Å². The van der Waals surface area contributed by atoms with Crippen molar-refractivity contribution in [2.45, 2.75) is 44.2 Å². The van der Waals surface area contributed by atoms with Crippen LogP contribution in [-0.2, 0) is 21.2 Å². The van der Waals surface area contributed by atoms with E-state index in [0.717, 1.165) is 22.0 Å². The number of carbonyl (C=O) groups is 2. The summed E-state index contributed by atoms with van der Waals surface area (Å²) in [4.78, 5) is 28.8. The maximum absolute atomic E-state index is 13.9. The maximum Gasteiger partial charge on any atom is 0.270 e. The fraction of sp³-hybridized carbons (Fsp3) is 0.296. The summed E-state index contributed by atoms with van der Waals surface area (Å²) in [5.41, 5.74) is 1.88. The van der Waals surface area contributed by atoms with Gasteiger partial charge in [0.25, 0.3) is 5.91 Å². The van der Waals surface area contributed by atoms with Crippen LogP contribution in [0.15, 0.2) is 71.6 Å². The molecule has 196 valence electrons. The number of sulfonamides is 1. The largest absolute Gasteiger partial charge is 0.390 e. The van der Waals surface area contributed by atoms with Crippen molar-refractivity contribution in [3.8, 4) is 0 Å². The highest BCUT2D eigenvalue weighted by molar-refractivity contribution is 7.89. The summed E-state index contributed by atoms with van der Waals surface area (Å²) in [6, 6.07) is 16.5. The van der Waals surface area contributed by atoms with Gasteiger partial charge in [-0.15, -0.1) is 0 Å². The van der Waals surface area contributed by atoms with Crippen molar-refractivity contribution in [3.63, 3.8) is 0 Å². The van der Waals surface area contributed by atoms with Gasteiger partial charge < -0.3 is 10.4 Å². The van der Waals surface area contributed by atoms with Gasteiger partial charge in [-0.25, -0.2) is 17.8 Å². The Hall–Kier alpha value is -3.47. The number of pyridine rings is 1. The molecule has 3 aromatic rings. The van der Waals surface area contributed by atoms with E-state index in [1.54, 1.807) is 19.1 Å². The number of aliphatic hydroxyl groups excluding tert-OH is 1. The number of ketones is 1. The number of nitrogens with zero attached hydrogens (tertiary/aromatic N) is 2. The first-order valence-corrected chi connectivity index (χ1v) is 13.1. The van der Waals surface area contributed by atoms with Crippen LogP contribution in [0, 0.1) is 19.7 Å². The van der Waals surface area contributed by atoms with E-state index >= 15 is 0 Å². The molecule has 2 N–H and O–H groups in total. The van der Waals surface area contributed by atoms with Crippen LogP contribution in [0.1, 0.15) is 34.2 Å². The zero-order valence-corrected chi connectivity index (χ0v) is 21.7. The molecule has 2 aromatic carbocycles. The first kappa shape index (κ1) is 28.1. The molecule has 2 atom stereocenters. The number of nitrogens with one attached hydrogen (secondary N) is 1. The monoisotopic (exact) mass is 527 g/mol. The molecule has 0 radical (unpaired) electrons. The Morgan fingerprint density at radius 3 is 2.41 bits per heavy atom. The van der Waals surface area contributed by atoms with E-state index in [1.165, 1.54) is 26.0 Å². The number of rotatable bonds is 11. The predicted molar refractivity (Wildman–Crippen MR) is 137 cm³/mol. The van der Waals surface area contributed by atoms with Crippen molar-refractivity contribution in [1.29, 1.82) is 0 Å². The second-order valence-corrected chi connectivity index (χ2v) is 10.8. The van der Waals surface area contributed by atoms with Crippen LogP contribution in [0.3, 0.4) is 0 Å². The highest BCUT2D eigenvalue weighted by atomic mass is 32.2. The molecule has 0 aliphatic rings. The molecule has 1 heterocycles. The standard InChI is InChI=1S/C27H30FN3O5S/c1-18-12-13-22(28)15-26(18)37(35,36)31(16-20(3)32)17-25(33)24(14-21-9-5-4-6-10-21)30-27(34)23-11-7-8-19(2)29-23/h4-13,15,24-25,33H,14,16-17H2,1-3H3,(H,30,34). The molecular formula is C27H30FN3O5S. The van der Waals surface area contributed by atoms with Crippen molar-refractivity contribution in [3.05, 3.63) is 95.1 Å². The third-order valence-corrected chi connectivity index (χ3v) is 7.71. The topological polar surface area (TPSA) is 117 Å². The lowest BCUT2D eigenvalue weighted by atomic mass is 10.0. The summed E-state index contributed by atoms with van der Waals surface area (Å²) in [5.74, 6) is -1.74. The first-order valence-electron chi connectivity index (χ1n) is 11.7. The number of halogens is 1. The van der Waals surface area contributed by atoms with Gasteiger partial charge in [0.2, 0.25) is 10.0 Å². The van der Waals surface area contributed by atoms with Crippen molar-refractivity contribution in [2.75, 3.05) is 13.1 Å². The Labute approximate surface area is 216 Å². The number of aromatic nitrogens is 1. The molecule has 1 aromatic heterocycles. The molecule has 1 amide bonds. The number of amides is 1. The Bertz CT molecular complexity index is 1370. The number of carbonyl (C=O) groups excluding carboxylic acids is 2. The van der Waals surface area contributed by atoms with Gasteiger partial charge in [-0.1, -0.05) is 42.5 Å². The quantitative estimate of drug-likeness (QED) is 0.396. The molecule has 2 unspecified atom stereocenters. The van der Waals surface area contributed by atoms with Crippen molar-refractivity contribution in [1.82, 2.24) is 14.6 Å². The van der Waals surface area contributed by atoms with Gasteiger partial charge in [-0.2, -0.15) is 4.31 Å². The van der Waals surface area contributed by atoms with Gasteiger partial charge in [0.15, 0.2) is 0 Å². The van der Waals surface area contributed by atoms with Gasteiger partial charge in [-0.3, -0.25) is 9.59 Å². The minimum Gasteiger partial charge on any atom is -0.390 e. The Morgan fingerprint density at radius 1 is 1.05 bits per heavy atom. The van der Waals surface area contributed by atoms with E-state index in [4.69, 9.17) is 0 Å². The van der Waals surface area contributed by atoms with Gasteiger partial charge >= 0.3 is 0 Å². The summed E-state index contributed by atoms with van der Waals surface area (Å²) >= 11 is 0. The predicted octanol–water partition coefficient (Wildman–Crippen LogP) is 2.82. The number of aliphatic hydroxyl groups is 1. The van der Waals surface area contributed by atoms with Crippen LogP contribution >= 0.6 is 0 Å². The number of hydrogen-bond donors (Lipinski definition) is 2. The molecule has 0 saturated carbocycles. The van der Waals surface area contributed by atoms with Crippen molar-refractivity contribution >= 4 is 21.7 Å². The van der Waals surface area contributed by atoms with Crippen LogP contribution in [0.4, 0.5) is 4.39 Å². The molecular weight excluding hydrogens is 497 g/mol. The van der Waals surface area contributed by atoms with E-state index in [1.807, 2.05) is 30.3 Å². The van der Waals surface area contributed by atoms with Crippen molar-refractivity contribution in [2.24, 2.45) is 0 Å². The smallest absolute Gasteiger partial charge is 0.270 e. The third-order valence-electron chi connectivity index (χ3n) is 5.76. The van der Waals surface area contributed by atoms with Crippen molar-refractivity contribution < 1.29 is 27.5 Å². The second kappa shape index (κ2) is 12.2. The van der Waals surface area contributed by atoms with Crippen LogP contribution < -0.4 is 5.32 Å². The Kier molecular flexibility index (Phi) is 9.25. The van der Waals surface area contributed by atoms with Crippen LogP contribution in [0.5, 0.6) is 0 Å². The number of hydrogen-bond acceptors (Lipinski definition) is 6. The number of aryl methyl sites for hydroxylation is 2. The summed E-state index contributed by atoms with van der Waals surface area (Å²) in [5, 5.41) is 14.0. The molecule has 0 saturated heterocycles. The molecule has 0 bridgehead atoms. The fourth-order valence-electron chi connectivity index (χ4n) is 3.89. The lowest BCUT2D eigenvalue weighted by molar-refractivity contribution is -0.117. The zero-order chi connectivity index (χ0) is 27.2. The first-order chi connectivity index (χ1) is 17.5. The van der Waals surface area contributed by atoms with E-state index in [0.29, 0.717) is 11.3 Å². The van der Waals surface area contributed by atoms with E-state index in [-0.39, 0.29) is 17.0 Å². The normalized spacial score (nSPS) is 13.2. The van der Waals surface area contributed by atoms with E-state index in [2.05, 4.69) is 10.3 Å². The molecule has 0 aliphatic carbocycles. The number of benzene rings is 2.